The van der Waals surface area contributed by atoms with Gasteiger partial charge in [0.25, 0.3) is 0 Å². The van der Waals surface area contributed by atoms with E-state index in [1.807, 2.05) is 0 Å². The predicted molar refractivity (Wildman–Crippen MR) is 39.8 cm³/mol. The Bertz CT molecular complexity index is 3.61. The molecule has 0 nitrogen and oxygen atoms in total. The van der Waals surface area contributed by atoms with Crippen LogP contribution >= 0.6 is 0 Å². The summed E-state index contributed by atoms with van der Waals surface area (Å²) in [5.41, 5.74) is 0. The summed E-state index contributed by atoms with van der Waals surface area (Å²) in [6.07, 6.45) is 0. The Balaban J connectivity index is 0. The predicted octanol–water partition coefficient (Wildman–Crippen LogP) is -4.74. The van der Waals surface area contributed by atoms with Crippen molar-refractivity contribution in [1.29, 1.82) is 0 Å². The number of hydrogen-bond donors (Lipinski definition) is 0. The molecule has 0 bridgehead atoms. The minimum atomic E-state index is 0. The van der Waals surface area contributed by atoms with Crippen molar-refractivity contribution in [1.82, 2.24) is 0 Å². The van der Waals surface area contributed by atoms with Crippen molar-refractivity contribution < 1.29 is 21.1 Å². The fourth-order valence-electron chi connectivity index (χ4n) is 0. The zero-order chi connectivity index (χ0) is 0. The van der Waals surface area contributed by atoms with Crippen molar-refractivity contribution >= 4 is 69.4 Å². The molecule has 0 spiro atoms. The molecule has 0 aliphatic rings. The van der Waals surface area contributed by atoms with Gasteiger partial charge in [0.15, 0.2) is 69.4 Å². The summed E-state index contributed by atoms with van der Waals surface area (Å²) in [4.78, 5) is 0. The molecule has 5 heavy (non-hydrogen) atoms. The zero-order valence-corrected chi connectivity index (χ0v) is 3.34. The maximum absolute atomic E-state index is 0. The van der Waals surface area contributed by atoms with Gasteiger partial charge in [-0.05, 0) is 0 Å². The van der Waals surface area contributed by atoms with Gasteiger partial charge < -0.3 is 0 Å². The first-order chi connectivity index (χ1) is 0. The molecule has 0 unspecified atom stereocenters. The minimum absolute atomic E-state index is 0. The molecule has 0 heterocycles. The van der Waals surface area contributed by atoms with Crippen molar-refractivity contribution in [2.45, 2.75) is 0 Å². The number of hydrogen-bond acceptors (Lipinski definition) is 0. The Morgan fingerprint density at radius 3 is 0.400 bits per heavy atom. The van der Waals surface area contributed by atoms with E-state index in [1.165, 1.54) is 0 Å². The van der Waals surface area contributed by atoms with Crippen LogP contribution in [0, 0.1) is 0 Å². The first-order valence-corrected chi connectivity index (χ1v) is 0. The normalized spacial score (nSPS) is 0. The Morgan fingerprint density at radius 2 is 0.400 bits per heavy atom. The van der Waals surface area contributed by atoms with Crippen LogP contribution in [0.4, 0.5) is 0 Å². The van der Waals surface area contributed by atoms with E-state index in [9.17, 15) is 0 Å². The van der Waals surface area contributed by atoms with Crippen molar-refractivity contribution in [2.75, 3.05) is 0 Å². The standard InChI is InChI=1S/4Al.W.12H. The SMILES string of the molecule is [AlH3].[AlH3].[AlH3].[AlH3].[W]. The average Bonchev–Trinajstić information content (AvgIpc) is 0. The molecule has 0 rings (SSSR count). The second-order valence-electron chi connectivity index (χ2n) is 0. The summed E-state index contributed by atoms with van der Waals surface area (Å²) >= 11 is 0. The summed E-state index contributed by atoms with van der Waals surface area (Å²) in [6.45, 7) is 0. The molecule has 0 radical (unpaired) electrons. The molecule has 0 saturated heterocycles. The summed E-state index contributed by atoms with van der Waals surface area (Å²) in [7, 11) is 0. The van der Waals surface area contributed by atoms with Gasteiger partial charge in [0.05, 0.1) is 0 Å². The van der Waals surface area contributed by atoms with Gasteiger partial charge in [-0.15, -0.1) is 0 Å². The van der Waals surface area contributed by atoms with E-state index in [-0.39, 0.29) is 90.5 Å². The molecular formula is H12Al4W. The van der Waals surface area contributed by atoms with E-state index in [4.69, 9.17) is 0 Å². The van der Waals surface area contributed by atoms with Gasteiger partial charge in [-0.2, -0.15) is 0 Å². The molecule has 0 aliphatic carbocycles. The van der Waals surface area contributed by atoms with Crippen LogP contribution < -0.4 is 0 Å². The second kappa shape index (κ2) is 29.1. The van der Waals surface area contributed by atoms with Gasteiger partial charge in [0, 0.05) is 21.1 Å². The fourth-order valence-corrected chi connectivity index (χ4v) is 0. The monoisotopic (exact) mass is 304 g/mol. The van der Waals surface area contributed by atoms with Crippen LogP contribution in [0.2, 0.25) is 0 Å². The third-order valence-corrected chi connectivity index (χ3v) is 0. The summed E-state index contributed by atoms with van der Waals surface area (Å²) in [6, 6.07) is 0. The smallest absolute Gasteiger partial charge is 0 e. The van der Waals surface area contributed by atoms with E-state index in [1.54, 1.807) is 0 Å². The Hall–Kier alpha value is 2.82. The first kappa shape index (κ1) is 45.8. The maximum Gasteiger partial charge on any atom is 0.187 e. The van der Waals surface area contributed by atoms with Crippen LogP contribution in [-0.4, -0.2) is 69.4 Å². The van der Waals surface area contributed by atoms with Gasteiger partial charge in [0.2, 0.25) is 0 Å². The van der Waals surface area contributed by atoms with Crippen molar-refractivity contribution in [3.63, 3.8) is 0 Å². The molecule has 0 N–H and O–H groups in total. The summed E-state index contributed by atoms with van der Waals surface area (Å²) < 4.78 is 0. The van der Waals surface area contributed by atoms with Crippen molar-refractivity contribution in [3.05, 3.63) is 0 Å². The van der Waals surface area contributed by atoms with Crippen molar-refractivity contribution in [3.8, 4) is 0 Å². The molecule has 0 aromatic rings. The second-order valence-corrected chi connectivity index (χ2v) is 0. The Morgan fingerprint density at radius 1 is 0.400 bits per heavy atom. The van der Waals surface area contributed by atoms with E-state index in [2.05, 4.69) is 0 Å². The molecule has 0 fully saturated rings. The molecular weight excluding hydrogens is 292 g/mol. The van der Waals surface area contributed by atoms with Crippen LogP contribution in [0.3, 0.4) is 0 Å². The Labute approximate surface area is 89.3 Å². The van der Waals surface area contributed by atoms with E-state index < -0.39 is 0 Å². The van der Waals surface area contributed by atoms with Crippen LogP contribution in [0.5, 0.6) is 0 Å². The van der Waals surface area contributed by atoms with Crippen LogP contribution in [-0.2, 0) is 21.1 Å². The molecule has 5 heteroatoms. The Kier molecular flexibility index (Phi) is 266. The molecule has 0 aromatic carbocycles. The first-order valence-electron chi connectivity index (χ1n) is 0. The van der Waals surface area contributed by atoms with Gasteiger partial charge in [-0.3, -0.25) is 0 Å². The third kappa shape index (κ3) is 19.9. The van der Waals surface area contributed by atoms with Gasteiger partial charge >= 0.3 is 0 Å². The van der Waals surface area contributed by atoms with Crippen molar-refractivity contribution in [2.24, 2.45) is 0 Å². The van der Waals surface area contributed by atoms with Gasteiger partial charge in [-0.25, -0.2) is 0 Å². The largest absolute Gasteiger partial charge is 0.187 e. The molecule has 0 aromatic heterocycles. The average molecular weight is 304 g/mol. The van der Waals surface area contributed by atoms with E-state index >= 15 is 0 Å². The zero-order valence-electron chi connectivity index (χ0n) is 0.408. The molecule has 0 atom stereocenters. The summed E-state index contributed by atoms with van der Waals surface area (Å²) in [5.74, 6) is 0. The van der Waals surface area contributed by atoms with Crippen LogP contribution in [0.15, 0.2) is 0 Å². The summed E-state index contributed by atoms with van der Waals surface area (Å²) in [5, 5.41) is 0. The third-order valence-electron chi connectivity index (χ3n) is 0. The molecule has 0 saturated carbocycles. The maximum atomic E-state index is 0. The van der Waals surface area contributed by atoms with Gasteiger partial charge in [-0.1, -0.05) is 0 Å². The van der Waals surface area contributed by atoms with Crippen LogP contribution in [0.25, 0.3) is 0 Å². The quantitative estimate of drug-likeness (QED) is 0.395. The van der Waals surface area contributed by atoms with Gasteiger partial charge in [0.1, 0.15) is 0 Å². The van der Waals surface area contributed by atoms with Crippen LogP contribution in [0.1, 0.15) is 0 Å². The molecule has 0 aliphatic heterocycles. The molecule has 0 amide bonds. The van der Waals surface area contributed by atoms with E-state index in [0.29, 0.717) is 0 Å². The minimum Gasteiger partial charge on any atom is 0 e. The number of rotatable bonds is 0. The molecule has 30 valence electrons. The van der Waals surface area contributed by atoms with E-state index in [0.717, 1.165) is 0 Å². The fraction of sp³-hybridized carbons (Fsp3) is 0. The topological polar surface area (TPSA) is 0 Å².